The van der Waals surface area contributed by atoms with Gasteiger partial charge in [-0.15, -0.1) is 0 Å². The van der Waals surface area contributed by atoms with Crippen molar-refractivity contribution in [3.05, 3.63) is 0 Å². The molecule has 0 aliphatic heterocycles. The van der Waals surface area contributed by atoms with Gasteiger partial charge in [-0.25, -0.2) is 9.68 Å². The Kier molecular flexibility index (Phi) is 8.75. The van der Waals surface area contributed by atoms with E-state index in [9.17, 15) is 4.79 Å². The highest BCUT2D eigenvalue weighted by Gasteiger charge is 2.27. The fourth-order valence-corrected chi connectivity index (χ4v) is 1.44. The van der Waals surface area contributed by atoms with E-state index in [1.165, 1.54) is 0 Å². The van der Waals surface area contributed by atoms with Gasteiger partial charge in [-0.05, 0) is 23.8 Å². The third-order valence-corrected chi connectivity index (χ3v) is 2.56. The van der Waals surface area contributed by atoms with Crippen LogP contribution < -0.4 is 0 Å². The van der Waals surface area contributed by atoms with Crippen LogP contribution in [0.2, 0.25) is 0 Å². The number of unbranched alkanes of at least 4 members (excludes halogenated alkanes) is 2. The highest BCUT2D eigenvalue weighted by Crippen LogP contribution is 2.27. The third kappa shape index (κ3) is 8.31. The standard InChI is InChI=1S/C13H26O5/c1-6-8-9-10-11(13(3,4)5)16-18-17-12(14)15-7-2/h11H,6-10H2,1-5H3. The zero-order chi connectivity index (χ0) is 14.0. The Hall–Kier alpha value is -0.810. The summed E-state index contributed by atoms with van der Waals surface area (Å²) in [5, 5.41) is 4.49. The molecule has 0 aliphatic rings. The summed E-state index contributed by atoms with van der Waals surface area (Å²) in [6, 6.07) is 0. The van der Waals surface area contributed by atoms with Gasteiger partial charge in [0.15, 0.2) is 0 Å². The maximum atomic E-state index is 10.9. The van der Waals surface area contributed by atoms with E-state index in [2.05, 4.69) is 42.4 Å². The minimum atomic E-state index is -0.890. The minimum absolute atomic E-state index is 0.0776. The van der Waals surface area contributed by atoms with Crippen molar-refractivity contribution in [3.8, 4) is 0 Å². The maximum Gasteiger partial charge on any atom is 0.542 e. The molecule has 0 saturated carbocycles. The van der Waals surface area contributed by atoms with Crippen LogP contribution in [0.4, 0.5) is 4.79 Å². The molecule has 0 spiro atoms. The lowest BCUT2D eigenvalue weighted by atomic mass is 9.86. The molecule has 0 saturated heterocycles. The van der Waals surface area contributed by atoms with Crippen LogP contribution in [-0.4, -0.2) is 18.9 Å². The van der Waals surface area contributed by atoms with Crippen molar-refractivity contribution in [3.63, 3.8) is 0 Å². The first-order valence-corrected chi connectivity index (χ1v) is 6.58. The Balaban J connectivity index is 3.98. The van der Waals surface area contributed by atoms with Crippen LogP contribution in [0.3, 0.4) is 0 Å². The van der Waals surface area contributed by atoms with Crippen molar-refractivity contribution < 1.29 is 24.3 Å². The second-order valence-electron chi connectivity index (χ2n) is 5.28. The van der Waals surface area contributed by atoms with Crippen LogP contribution in [0.25, 0.3) is 0 Å². The molecule has 0 amide bonds. The van der Waals surface area contributed by atoms with Crippen LogP contribution in [0.1, 0.15) is 60.3 Å². The molecule has 5 heteroatoms. The van der Waals surface area contributed by atoms with Gasteiger partial charge in [0.05, 0.1) is 6.61 Å². The van der Waals surface area contributed by atoms with Crippen molar-refractivity contribution in [1.82, 2.24) is 0 Å². The normalized spacial score (nSPS) is 13.2. The number of carbonyl (C=O) groups is 1. The molecule has 1 unspecified atom stereocenters. The summed E-state index contributed by atoms with van der Waals surface area (Å²) in [5.74, 6) is 0. The monoisotopic (exact) mass is 262 g/mol. The van der Waals surface area contributed by atoms with E-state index in [-0.39, 0.29) is 18.1 Å². The topological polar surface area (TPSA) is 54.0 Å². The number of hydrogen-bond donors (Lipinski definition) is 0. The molecule has 1 atom stereocenters. The summed E-state index contributed by atoms with van der Waals surface area (Å²) in [6.45, 7) is 10.2. The van der Waals surface area contributed by atoms with E-state index in [0.717, 1.165) is 25.7 Å². The van der Waals surface area contributed by atoms with E-state index < -0.39 is 6.16 Å². The lowest BCUT2D eigenvalue weighted by Crippen LogP contribution is -2.30. The number of ether oxygens (including phenoxy) is 1. The molecular formula is C13H26O5. The smallest absolute Gasteiger partial charge is 0.433 e. The lowest BCUT2D eigenvalue weighted by Gasteiger charge is -2.28. The summed E-state index contributed by atoms with van der Waals surface area (Å²) in [7, 11) is 0. The Bertz CT molecular complexity index is 222. The Morgan fingerprint density at radius 2 is 1.83 bits per heavy atom. The van der Waals surface area contributed by atoms with Gasteiger partial charge in [0, 0.05) is 0 Å². The number of carbonyl (C=O) groups excluding carboxylic acids is 1. The van der Waals surface area contributed by atoms with Crippen LogP contribution in [0, 0.1) is 5.41 Å². The van der Waals surface area contributed by atoms with Crippen molar-refractivity contribution in [2.45, 2.75) is 66.4 Å². The molecule has 0 fully saturated rings. The average molecular weight is 262 g/mol. The van der Waals surface area contributed by atoms with Crippen LogP contribution in [0.15, 0.2) is 0 Å². The minimum Gasteiger partial charge on any atom is -0.433 e. The summed E-state index contributed by atoms with van der Waals surface area (Å²) < 4.78 is 4.54. The molecule has 0 aromatic rings. The Morgan fingerprint density at radius 1 is 1.17 bits per heavy atom. The zero-order valence-corrected chi connectivity index (χ0v) is 12.2. The molecule has 0 radical (unpaired) electrons. The molecule has 5 nitrogen and oxygen atoms in total. The SMILES string of the molecule is CCCCCC(OOOC(=O)OCC)C(C)(C)C. The quantitative estimate of drug-likeness (QED) is 0.286. The van der Waals surface area contributed by atoms with Gasteiger partial charge >= 0.3 is 6.16 Å². The van der Waals surface area contributed by atoms with Gasteiger partial charge in [0.25, 0.3) is 0 Å². The fraction of sp³-hybridized carbons (Fsp3) is 0.923. The van der Waals surface area contributed by atoms with Gasteiger partial charge < -0.3 is 4.74 Å². The molecule has 0 N–H and O–H groups in total. The van der Waals surface area contributed by atoms with Crippen LogP contribution in [-0.2, 0) is 19.6 Å². The van der Waals surface area contributed by atoms with E-state index in [1.54, 1.807) is 6.92 Å². The largest absolute Gasteiger partial charge is 0.542 e. The van der Waals surface area contributed by atoms with Gasteiger partial charge in [0.2, 0.25) is 0 Å². The zero-order valence-electron chi connectivity index (χ0n) is 12.2. The third-order valence-electron chi connectivity index (χ3n) is 2.56. The van der Waals surface area contributed by atoms with Gasteiger partial charge in [0.1, 0.15) is 6.10 Å². The van der Waals surface area contributed by atoms with Gasteiger partial charge in [-0.3, -0.25) is 0 Å². The number of rotatable bonds is 8. The molecule has 0 bridgehead atoms. The first kappa shape index (κ1) is 17.2. The molecule has 18 heavy (non-hydrogen) atoms. The second-order valence-corrected chi connectivity index (χ2v) is 5.28. The summed E-state index contributed by atoms with van der Waals surface area (Å²) in [4.78, 5) is 20.4. The molecule has 0 rings (SSSR count). The summed E-state index contributed by atoms with van der Waals surface area (Å²) in [6.07, 6.45) is 3.20. The lowest BCUT2D eigenvalue weighted by molar-refractivity contribution is -0.509. The van der Waals surface area contributed by atoms with Gasteiger partial charge in [-0.1, -0.05) is 47.0 Å². The van der Waals surface area contributed by atoms with Crippen molar-refractivity contribution >= 4 is 6.16 Å². The average Bonchev–Trinajstić information content (AvgIpc) is 2.26. The van der Waals surface area contributed by atoms with Crippen LogP contribution >= 0.6 is 0 Å². The predicted octanol–water partition coefficient (Wildman–Crippen LogP) is 4.02. The molecule has 0 aromatic carbocycles. The highest BCUT2D eigenvalue weighted by atomic mass is 17.5. The Morgan fingerprint density at radius 3 is 2.33 bits per heavy atom. The highest BCUT2D eigenvalue weighted by molar-refractivity contribution is 5.58. The van der Waals surface area contributed by atoms with Crippen molar-refractivity contribution in [2.24, 2.45) is 5.41 Å². The molecular weight excluding hydrogens is 236 g/mol. The van der Waals surface area contributed by atoms with Gasteiger partial charge in [-0.2, -0.15) is 4.89 Å². The molecule has 0 aromatic heterocycles. The summed E-state index contributed by atoms with van der Waals surface area (Å²) in [5.41, 5.74) is -0.0776. The van der Waals surface area contributed by atoms with E-state index in [4.69, 9.17) is 4.89 Å². The van der Waals surface area contributed by atoms with E-state index >= 15 is 0 Å². The van der Waals surface area contributed by atoms with E-state index in [1.807, 2.05) is 0 Å². The van der Waals surface area contributed by atoms with Crippen molar-refractivity contribution in [1.29, 1.82) is 0 Å². The first-order chi connectivity index (χ1) is 8.41. The Labute approximate surface area is 110 Å². The first-order valence-electron chi connectivity index (χ1n) is 6.58. The predicted molar refractivity (Wildman–Crippen MR) is 67.7 cm³/mol. The maximum absolute atomic E-state index is 10.9. The molecule has 108 valence electrons. The van der Waals surface area contributed by atoms with Crippen LogP contribution in [0.5, 0.6) is 0 Å². The fourth-order valence-electron chi connectivity index (χ4n) is 1.44. The molecule has 0 heterocycles. The second kappa shape index (κ2) is 9.16. The van der Waals surface area contributed by atoms with E-state index in [0.29, 0.717) is 0 Å². The summed E-state index contributed by atoms with van der Waals surface area (Å²) >= 11 is 0. The molecule has 0 aliphatic carbocycles. The number of hydrogen-bond acceptors (Lipinski definition) is 5. The van der Waals surface area contributed by atoms with Crippen molar-refractivity contribution in [2.75, 3.05) is 6.61 Å².